The minimum Gasteiger partial charge on any atom is -0.467 e. The lowest BCUT2D eigenvalue weighted by Crippen LogP contribution is -2.24. The maximum Gasteiger partial charge on any atom is 0.270 e. The molecule has 0 saturated heterocycles. The summed E-state index contributed by atoms with van der Waals surface area (Å²) in [5.74, 6) is 1.63. The van der Waals surface area contributed by atoms with Crippen LogP contribution in [0.3, 0.4) is 0 Å². The molecule has 7 nitrogen and oxygen atoms in total. The summed E-state index contributed by atoms with van der Waals surface area (Å²) in [6.45, 7) is 2.65. The largest absolute Gasteiger partial charge is 0.467 e. The Kier molecular flexibility index (Phi) is 4.81. The third-order valence-corrected chi connectivity index (χ3v) is 3.30. The number of hydrogen-bond donors (Lipinski definition) is 2. The third-order valence-electron chi connectivity index (χ3n) is 3.30. The molecule has 1 amide bonds. The van der Waals surface area contributed by atoms with Gasteiger partial charge in [0.2, 0.25) is 0 Å². The summed E-state index contributed by atoms with van der Waals surface area (Å²) in [5, 5.41) is 5.96. The number of anilines is 1. The second kappa shape index (κ2) is 7.36. The van der Waals surface area contributed by atoms with Gasteiger partial charge in [0.05, 0.1) is 12.8 Å². The van der Waals surface area contributed by atoms with Crippen molar-refractivity contribution < 1.29 is 9.21 Å². The molecule has 0 aliphatic rings. The highest BCUT2D eigenvalue weighted by molar-refractivity contribution is 5.92. The van der Waals surface area contributed by atoms with Gasteiger partial charge in [0.25, 0.3) is 5.91 Å². The molecule has 0 spiro atoms. The minimum absolute atomic E-state index is 0.252. The van der Waals surface area contributed by atoms with Crippen LogP contribution >= 0.6 is 0 Å². The van der Waals surface area contributed by atoms with Crippen LogP contribution in [0.25, 0.3) is 0 Å². The smallest absolute Gasteiger partial charge is 0.270 e. The van der Waals surface area contributed by atoms with Gasteiger partial charge in [0.1, 0.15) is 23.1 Å². The number of rotatable bonds is 6. The third kappa shape index (κ3) is 4.16. The summed E-state index contributed by atoms with van der Waals surface area (Å²) in [7, 11) is 0. The van der Waals surface area contributed by atoms with Gasteiger partial charge in [-0.2, -0.15) is 0 Å². The van der Waals surface area contributed by atoms with Crippen molar-refractivity contribution in [3.05, 3.63) is 71.8 Å². The Bertz CT molecular complexity index is 803. The number of pyridine rings is 1. The SMILES string of the molecule is Cc1nc(NCc2ccco2)cc(C(=O)NCc2ccncc2)n1. The molecule has 0 radical (unpaired) electrons. The summed E-state index contributed by atoms with van der Waals surface area (Å²) >= 11 is 0. The molecular formula is C17H17N5O2. The van der Waals surface area contributed by atoms with Crippen molar-refractivity contribution in [3.63, 3.8) is 0 Å². The molecule has 0 atom stereocenters. The van der Waals surface area contributed by atoms with Crippen molar-refractivity contribution in [2.75, 3.05) is 5.32 Å². The lowest BCUT2D eigenvalue weighted by atomic mass is 10.2. The molecule has 3 aromatic heterocycles. The highest BCUT2D eigenvalue weighted by Crippen LogP contribution is 2.10. The van der Waals surface area contributed by atoms with Gasteiger partial charge >= 0.3 is 0 Å². The number of aromatic nitrogens is 3. The number of carbonyl (C=O) groups excluding carboxylic acids is 1. The number of hydrogen-bond acceptors (Lipinski definition) is 6. The fourth-order valence-corrected chi connectivity index (χ4v) is 2.14. The first-order valence-corrected chi connectivity index (χ1v) is 7.50. The lowest BCUT2D eigenvalue weighted by Gasteiger charge is -2.08. The normalized spacial score (nSPS) is 10.4. The Morgan fingerprint density at radius 2 is 2.00 bits per heavy atom. The van der Waals surface area contributed by atoms with Gasteiger partial charge < -0.3 is 15.1 Å². The van der Waals surface area contributed by atoms with E-state index in [9.17, 15) is 4.79 Å². The molecule has 0 bridgehead atoms. The highest BCUT2D eigenvalue weighted by atomic mass is 16.3. The van der Waals surface area contributed by atoms with E-state index in [1.54, 1.807) is 31.6 Å². The fraction of sp³-hybridized carbons (Fsp3) is 0.176. The van der Waals surface area contributed by atoms with Crippen molar-refractivity contribution in [1.82, 2.24) is 20.3 Å². The maximum atomic E-state index is 12.3. The number of amides is 1. The van der Waals surface area contributed by atoms with Crippen LogP contribution in [0.1, 0.15) is 27.6 Å². The van der Waals surface area contributed by atoms with Crippen LogP contribution in [0.4, 0.5) is 5.82 Å². The van der Waals surface area contributed by atoms with Crippen LogP contribution in [-0.4, -0.2) is 20.9 Å². The number of carbonyl (C=O) groups is 1. The van der Waals surface area contributed by atoms with Gasteiger partial charge in [-0.05, 0) is 36.8 Å². The first-order chi connectivity index (χ1) is 11.7. The number of nitrogens with one attached hydrogen (secondary N) is 2. The van der Waals surface area contributed by atoms with Crippen molar-refractivity contribution in [3.8, 4) is 0 Å². The average Bonchev–Trinajstić information content (AvgIpc) is 3.12. The topological polar surface area (TPSA) is 92.9 Å². The second-order valence-corrected chi connectivity index (χ2v) is 5.16. The molecule has 0 aliphatic heterocycles. The zero-order valence-electron chi connectivity index (χ0n) is 13.2. The average molecular weight is 323 g/mol. The Balaban J connectivity index is 1.65. The number of nitrogens with zero attached hydrogens (tertiary/aromatic N) is 3. The van der Waals surface area contributed by atoms with E-state index >= 15 is 0 Å². The lowest BCUT2D eigenvalue weighted by molar-refractivity contribution is 0.0945. The van der Waals surface area contributed by atoms with Crippen LogP contribution in [0.15, 0.2) is 53.4 Å². The van der Waals surface area contributed by atoms with E-state index < -0.39 is 0 Å². The van der Waals surface area contributed by atoms with E-state index in [4.69, 9.17) is 4.42 Å². The molecule has 3 rings (SSSR count). The molecule has 24 heavy (non-hydrogen) atoms. The predicted octanol–water partition coefficient (Wildman–Crippen LogP) is 2.32. The summed E-state index contributed by atoms with van der Waals surface area (Å²) in [4.78, 5) is 24.7. The van der Waals surface area contributed by atoms with E-state index in [0.717, 1.165) is 11.3 Å². The number of furan rings is 1. The Labute approximate surface area is 139 Å². The minimum atomic E-state index is -0.252. The number of aryl methyl sites for hydroxylation is 1. The van der Waals surface area contributed by atoms with E-state index in [2.05, 4.69) is 25.6 Å². The molecule has 0 fully saturated rings. The van der Waals surface area contributed by atoms with Crippen LogP contribution in [0, 0.1) is 6.92 Å². The van der Waals surface area contributed by atoms with Crippen LogP contribution in [-0.2, 0) is 13.1 Å². The van der Waals surface area contributed by atoms with E-state index in [-0.39, 0.29) is 5.91 Å². The van der Waals surface area contributed by atoms with Gasteiger partial charge in [0, 0.05) is 25.0 Å². The monoisotopic (exact) mass is 323 g/mol. The molecule has 0 aromatic carbocycles. The maximum absolute atomic E-state index is 12.3. The second-order valence-electron chi connectivity index (χ2n) is 5.16. The van der Waals surface area contributed by atoms with E-state index in [0.29, 0.717) is 30.4 Å². The van der Waals surface area contributed by atoms with Crippen LogP contribution in [0.2, 0.25) is 0 Å². The fourth-order valence-electron chi connectivity index (χ4n) is 2.14. The van der Waals surface area contributed by atoms with Crippen LogP contribution < -0.4 is 10.6 Å². The van der Waals surface area contributed by atoms with Gasteiger partial charge in [-0.15, -0.1) is 0 Å². The first kappa shape index (κ1) is 15.7. The van der Waals surface area contributed by atoms with Gasteiger partial charge in [-0.1, -0.05) is 0 Å². The van der Waals surface area contributed by atoms with Crippen molar-refractivity contribution >= 4 is 11.7 Å². The molecule has 3 aromatic rings. The Hall–Kier alpha value is -3.22. The summed E-state index contributed by atoms with van der Waals surface area (Å²) < 4.78 is 5.26. The zero-order valence-corrected chi connectivity index (χ0v) is 13.2. The highest BCUT2D eigenvalue weighted by Gasteiger charge is 2.10. The standard InChI is InChI=1S/C17H17N5O2/c1-12-21-15(17(23)20-10-13-4-6-18-7-5-13)9-16(22-12)19-11-14-3-2-8-24-14/h2-9H,10-11H2,1H3,(H,20,23)(H,19,21,22). The molecular weight excluding hydrogens is 306 g/mol. The molecule has 122 valence electrons. The summed E-state index contributed by atoms with van der Waals surface area (Å²) in [6, 6.07) is 9.01. The van der Waals surface area contributed by atoms with Crippen molar-refractivity contribution in [2.45, 2.75) is 20.0 Å². The molecule has 2 N–H and O–H groups in total. The van der Waals surface area contributed by atoms with Crippen molar-refractivity contribution in [2.24, 2.45) is 0 Å². The molecule has 3 heterocycles. The molecule has 7 heteroatoms. The Morgan fingerprint density at radius 3 is 2.75 bits per heavy atom. The van der Waals surface area contributed by atoms with Gasteiger partial charge in [-0.25, -0.2) is 9.97 Å². The zero-order chi connectivity index (χ0) is 16.8. The summed E-state index contributed by atoms with van der Waals surface area (Å²) in [5.41, 5.74) is 1.29. The first-order valence-electron chi connectivity index (χ1n) is 7.50. The van der Waals surface area contributed by atoms with Crippen molar-refractivity contribution in [1.29, 1.82) is 0 Å². The van der Waals surface area contributed by atoms with E-state index in [1.165, 1.54) is 0 Å². The molecule has 0 unspecified atom stereocenters. The van der Waals surface area contributed by atoms with E-state index in [1.807, 2.05) is 24.3 Å². The predicted molar refractivity (Wildman–Crippen MR) is 88.2 cm³/mol. The summed E-state index contributed by atoms with van der Waals surface area (Å²) in [6.07, 6.45) is 4.99. The molecule has 0 aliphatic carbocycles. The quantitative estimate of drug-likeness (QED) is 0.723. The Morgan fingerprint density at radius 1 is 1.17 bits per heavy atom. The van der Waals surface area contributed by atoms with Crippen LogP contribution in [0.5, 0.6) is 0 Å². The van der Waals surface area contributed by atoms with Gasteiger partial charge in [-0.3, -0.25) is 9.78 Å². The molecule has 0 saturated carbocycles. The van der Waals surface area contributed by atoms with Gasteiger partial charge in [0.15, 0.2) is 0 Å².